The second kappa shape index (κ2) is 8.53. The molecule has 1 atom stereocenters. The largest absolute Gasteiger partial charge is 0.417 e. The molecule has 144 valence electrons. The molecule has 0 saturated carbocycles. The van der Waals surface area contributed by atoms with Crippen LogP contribution in [0.3, 0.4) is 0 Å². The molecule has 1 fully saturated rings. The summed E-state index contributed by atoms with van der Waals surface area (Å²) in [5, 5.41) is 2.55. The number of rotatable bonds is 7. The molecule has 0 aliphatic carbocycles. The van der Waals surface area contributed by atoms with Gasteiger partial charge < -0.3 is 15.1 Å². The van der Waals surface area contributed by atoms with Gasteiger partial charge in [-0.1, -0.05) is 12.1 Å². The molecule has 0 unspecified atom stereocenters. The molecule has 2 amide bonds. The van der Waals surface area contributed by atoms with Gasteiger partial charge in [-0.2, -0.15) is 13.2 Å². The van der Waals surface area contributed by atoms with E-state index in [1.165, 1.54) is 18.2 Å². The minimum atomic E-state index is -4.57. The van der Waals surface area contributed by atoms with Gasteiger partial charge >= 0.3 is 6.18 Å². The Hall–Kier alpha value is -2.09. The number of likely N-dealkylation sites (tertiary alicyclic amines) is 1. The first-order valence-electron chi connectivity index (χ1n) is 8.58. The minimum absolute atomic E-state index is 0.0145. The van der Waals surface area contributed by atoms with E-state index >= 15 is 0 Å². The highest BCUT2D eigenvalue weighted by molar-refractivity contribution is 5.95. The summed E-state index contributed by atoms with van der Waals surface area (Å²) in [5.74, 6) is -0.660. The topological polar surface area (TPSA) is 52.6 Å². The first-order chi connectivity index (χ1) is 12.2. The zero-order chi connectivity index (χ0) is 19.3. The summed E-state index contributed by atoms with van der Waals surface area (Å²) < 4.78 is 39.0. The van der Waals surface area contributed by atoms with E-state index in [4.69, 9.17) is 0 Å². The molecule has 1 aliphatic rings. The number of halogens is 3. The van der Waals surface area contributed by atoms with Crippen molar-refractivity contribution in [3.63, 3.8) is 0 Å². The lowest BCUT2D eigenvalue weighted by Gasteiger charge is -2.26. The molecule has 8 heteroatoms. The van der Waals surface area contributed by atoms with E-state index in [9.17, 15) is 22.8 Å². The molecule has 1 aliphatic heterocycles. The average molecular weight is 371 g/mol. The summed E-state index contributed by atoms with van der Waals surface area (Å²) in [6, 6.07) is 4.74. The summed E-state index contributed by atoms with van der Waals surface area (Å²) in [5.41, 5.74) is -1.33. The van der Waals surface area contributed by atoms with Gasteiger partial charge in [0.15, 0.2) is 0 Å². The first-order valence-corrected chi connectivity index (χ1v) is 8.58. The Labute approximate surface area is 151 Å². The number of nitrogens with zero attached hydrogens (tertiary/aromatic N) is 2. The summed E-state index contributed by atoms with van der Waals surface area (Å²) in [6.45, 7) is 1.58. The van der Waals surface area contributed by atoms with Crippen molar-refractivity contribution in [2.75, 3.05) is 33.7 Å². The molecule has 2 rings (SSSR count). The van der Waals surface area contributed by atoms with Crippen LogP contribution in [0.1, 0.15) is 35.2 Å². The Bertz CT molecular complexity index is 647. The Morgan fingerprint density at radius 2 is 2.00 bits per heavy atom. The smallest absolute Gasteiger partial charge is 0.352 e. The number of likely N-dealkylation sites (N-methyl/N-ethyl adjacent to an activating group) is 1. The van der Waals surface area contributed by atoms with Gasteiger partial charge in [0.1, 0.15) is 0 Å². The van der Waals surface area contributed by atoms with Crippen molar-refractivity contribution in [1.82, 2.24) is 15.1 Å². The number of amides is 2. The Balaban J connectivity index is 1.91. The van der Waals surface area contributed by atoms with Crippen LogP contribution in [0.5, 0.6) is 0 Å². The number of hydrogen-bond acceptors (Lipinski definition) is 3. The predicted molar refractivity (Wildman–Crippen MR) is 91.7 cm³/mol. The molecule has 1 N–H and O–H groups in total. The molecule has 1 saturated heterocycles. The predicted octanol–water partition coefficient (Wildman–Crippen LogP) is 2.38. The quantitative estimate of drug-likeness (QED) is 0.801. The van der Waals surface area contributed by atoms with Crippen LogP contribution in [-0.2, 0) is 11.0 Å². The molecule has 0 aromatic heterocycles. The summed E-state index contributed by atoms with van der Waals surface area (Å²) >= 11 is 0. The molecule has 0 bridgehead atoms. The molecule has 1 aromatic rings. The molecule has 0 spiro atoms. The van der Waals surface area contributed by atoms with Crippen molar-refractivity contribution in [3.05, 3.63) is 35.4 Å². The standard InChI is InChI=1S/C18H24F3N3O2/c1-23(2)11-12-24-13(7-8-16(24)25)9-10-22-17(26)14-5-3-4-6-15(14)18(19,20)21/h3-6,13H,7-12H2,1-2H3,(H,22,26)/t13-/m1/s1. The lowest BCUT2D eigenvalue weighted by atomic mass is 10.1. The van der Waals surface area contributed by atoms with Gasteiger partial charge in [0, 0.05) is 32.1 Å². The lowest BCUT2D eigenvalue weighted by Crippen LogP contribution is -2.40. The van der Waals surface area contributed by atoms with E-state index in [0.29, 0.717) is 25.8 Å². The average Bonchev–Trinajstić information content (AvgIpc) is 2.92. The number of alkyl halides is 3. The van der Waals surface area contributed by atoms with E-state index in [1.807, 2.05) is 19.0 Å². The number of benzene rings is 1. The van der Waals surface area contributed by atoms with Gasteiger partial charge in [0.05, 0.1) is 11.1 Å². The van der Waals surface area contributed by atoms with Crippen LogP contribution in [0.4, 0.5) is 13.2 Å². The second-order valence-electron chi connectivity index (χ2n) is 6.67. The van der Waals surface area contributed by atoms with Gasteiger partial charge in [-0.25, -0.2) is 0 Å². The van der Waals surface area contributed by atoms with Crippen molar-refractivity contribution < 1.29 is 22.8 Å². The van der Waals surface area contributed by atoms with Gasteiger partial charge in [-0.05, 0) is 39.1 Å². The Kier molecular flexibility index (Phi) is 6.63. The number of nitrogens with one attached hydrogen (secondary N) is 1. The Morgan fingerprint density at radius 3 is 2.65 bits per heavy atom. The number of carbonyl (C=O) groups excluding carboxylic acids is 2. The summed E-state index contributed by atoms with van der Waals surface area (Å²) in [4.78, 5) is 27.9. The van der Waals surface area contributed by atoms with E-state index in [1.54, 1.807) is 4.90 Å². The van der Waals surface area contributed by atoms with Crippen LogP contribution in [-0.4, -0.2) is 61.4 Å². The normalized spacial score (nSPS) is 17.8. The third-order valence-corrected chi connectivity index (χ3v) is 4.48. The molecular weight excluding hydrogens is 347 g/mol. The third kappa shape index (κ3) is 5.20. The Morgan fingerprint density at radius 1 is 1.31 bits per heavy atom. The second-order valence-corrected chi connectivity index (χ2v) is 6.67. The van der Waals surface area contributed by atoms with Crippen LogP contribution in [0, 0.1) is 0 Å². The zero-order valence-corrected chi connectivity index (χ0v) is 15.0. The molecule has 5 nitrogen and oxygen atoms in total. The van der Waals surface area contributed by atoms with Gasteiger partial charge in [-0.15, -0.1) is 0 Å². The third-order valence-electron chi connectivity index (χ3n) is 4.48. The highest BCUT2D eigenvalue weighted by Crippen LogP contribution is 2.31. The number of hydrogen-bond donors (Lipinski definition) is 1. The van der Waals surface area contributed by atoms with Gasteiger partial charge in [-0.3, -0.25) is 9.59 Å². The van der Waals surface area contributed by atoms with Crippen LogP contribution >= 0.6 is 0 Å². The molecule has 1 aromatic carbocycles. The fourth-order valence-corrected chi connectivity index (χ4v) is 3.08. The van der Waals surface area contributed by atoms with Crippen molar-refractivity contribution in [2.24, 2.45) is 0 Å². The molecule has 0 radical (unpaired) electrons. The van der Waals surface area contributed by atoms with Crippen molar-refractivity contribution in [2.45, 2.75) is 31.5 Å². The highest BCUT2D eigenvalue weighted by Gasteiger charge is 2.35. The zero-order valence-electron chi connectivity index (χ0n) is 15.0. The fourth-order valence-electron chi connectivity index (χ4n) is 3.08. The lowest BCUT2D eigenvalue weighted by molar-refractivity contribution is -0.138. The van der Waals surface area contributed by atoms with Gasteiger partial charge in [0.2, 0.25) is 5.91 Å². The maximum atomic E-state index is 13.0. The van der Waals surface area contributed by atoms with Crippen molar-refractivity contribution in [3.8, 4) is 0 Å². The van der Waals surface area contributed by atoms with Gasteiger partial charge in [0.25, 0.3) is 5.91 Å². The minimum Gasteiger partial charge on any atom is -0.352 e. The van der Waals surface area contributed by atoms with E-state index in [2.05, 4.69) is 5.32 Å². The SMILES string of the molecule is CN(C)CCN1C(=O)CC[C@@H]1CCNC(=O)c1ccccc1C(F)(F)F. The molecular formula is C18H24F3N3O2. The highest BCUT2D eigenvalue weighted by atomic mass is 19.4. The molecule has 1 heterocycles. The summed E-state index contributed by atoms with van der Waals surface area (Å²) in [7, 11) is 3.85. The van der Waals surface area contributed by atoms with E-state index in [0.717, 1.165) is 12.6 Å². The van der Waals surface area contributed by atoms with Crippen LogP contribution < -0.4 is 5.32 Å². The number of carbonyl (C=O) groups is 2. The molecule has 26 heavy (non-hydrogen) atoms. The first kappa shape index (κ1) is 20.2. The maximum Gasteiger partial charge on any atom is 0.417 e. The maximum absolute atomic E-state index is 13.0. The van der Waals surface area contributed by atoms with Crippen LogP contribution in [0.2, 0.25) is 0 Å². The van der Waals surface area contributed by atoms with Crippen LogP contribution in [0.25, 0.3) is 0 Å². The summed E-state index contributed by atoms with van der Waals surface area (Å²) in [6.07, 6.45) is -2.86. The van der Waals surface area contributed by atoms with Crippen molar-refractivity contribution in [1.29, 1.82) is 0 Å². The van der Waals surface area contributed by atoms with Crippen LogP contribution in [0.15, 0.2) is 24.3 Å². The van der Waals surface area contributed by atoms with E-state index < -0.39 is 17.6 Å². The van der Waals surface area contributed by atoms with Crippen molar-refractivity contribution >= 4 is 11.8 Å². The van der Waals surface area contributed by atoms with E-state index in [-0.39, 0.29) is 24.1 Å². The fraction of sp³-hybridized carbons (Fsp3) is 0.556. The monoisotopic (exact) mass is 371 g/mol.